The lowest BCUT2D eigenvalue weighted by Crippen LogP contribution is -2.59. The molecule has 5 rings (SSSR count). The third-order valence-electron chi connectivity index (χ3n) is 7.54. The first-order valence-electron chi connectivity index (χ1n) is 13.3. The predicted molar refractivity (Wildman–Crippen MR) is 154 cm³/mol. The Labute approximate surface area is 225 Å². The molecule has 1 saturated heterocycles. The van der Waals surface area contributed by atoms with Crippen LogP contribution in [0.1, 0.15) is 31.9 Å². The van der Waals surface area contributed by atoms with Gasteiger partial charge in [0.2, 0.25) is 0 Å². The summed E-state index contributed by atoms with van der Waals surface area (Å²) in [5.74, 6) is -0.0993. The molecule has 1 aromatic heterocycles. The van der Waals surface area contributed by atoms with E-state index >= 15 is 0 Å². The fraction of sp³-hybridized carbons (Fsp3) is 0.273. The van der Waals surface area contributed by atoms with E-state index in [-0.39, 0.29) is 5.91 Å². The molecule has 4 aromatic rings. The summed E-state index contributed by atoms with van der Waals surface area (Å²) >= 11 is 0. The first-order valence-corrected chi connectivity index (χ1v) is 13.3. The third kappa shape index (κ3) is 5.13. The van der Waals surface area contributed by atoms with Gasteiger partial charge in [-0.15, -0.1) is 0 Å². The molecule has 38 heavy (non-hydrogen) atoms. The van der Waals surface area contributed by atoms with E-state index in [9.17, 15) is 4.79 Å². The van der Waals surface area contributed by atoms with E-state index in [0.717, 1.165) is 65.3 Å². The van der Waals surface area contributed by atoms with E-state index in [1.807, 2.05) is 79.5 Å². The SMILES string of the molecule is COC(C)(C(=O)N(c1ccc(-c2ccnc(C)c2)cc1)c1ccccc1-c1ccccc1)N1CCCCC1. The molecule has 0 bridgehead atoms. The topological polar surface area (TPSA) is 45.7 Å². The standard InChI is InChI=1S/C33H35N3O2/c1-25-24-28(20-21-34-25)26-16-18-29(19-17-26)36(32(37)33(2,38-3)35-22-10-5-11-23-35)31-15-9-8-14-30(31)27-12-6-4-7-13-27/h4,6-9,12-21,24H,5,10-11,22-23H2,1-3H3. The zero-order chi connectivity index (χ0) is 26.5. The molecule has 1 aliphatic heterocycles. The first-order chi connectivity index (χ1) is 18.5. The zero-order valence-corrected chi connectivity index (χ0v) is 22.4. The van der Waals surface area contributed by atoms with Crippen molar-refractivity contribution < 1.29 is 9.53 Å². The fourth-order valence-corrected chi connectivity index (χ4v) is 5.30. The molecule has 2 heterocycles. The van der Waals surface area contributed by atoms with Crippen molar-refractivity contribution in [3.8, 4) is 22.3 Å². The molecule has 0 saturated carbocycles. The Morgan fingerprint density at radius 2 is 1.53 bits per heavy atom. The van der Waals surface area contributed by atoms with Crippen LogP contribution in [0.2, 0.25) is 0 Å². The molecule has 3 aromatic carbocycles. The zero-order valence-electron chi connectivity index (χ0n) is 22.4. The van der Waals surface area contributed by atoms with Gasteiger partial charge in [0.1, 0.15) is 0 Å². The van der Waals surface area contributed by atoms with Gasteiger partial charge < -0.3 is 4.74 Å². The van der Waals surface area contributed by atoms with Crippen molar-refractivity contribution >= 4 is 17.3 Å². The number of hydrogen-bond acceptors (Lipinski definition) is 4. The molecule has 1 amide bonds. The van der Waals surface area contributed by atoms with Crippen molar-refractivity contribution in [2.45, 2.75) is 38.8 Å². The average molecular weight is 506 g/mol. The lowest BCUT2D eigenvalue weighted by atomic mass is 9.99. The summed E-state index contributed by atoms with van der Waals surface area (Å²) in [5, 5.41) is 0. The number of carbonyl (C=O) groups is 1. The Morgan fingerprint density at radius 1 is 0.842 bits per heavy atom. The Bertz CT molecular complexity index is 1380. The number of rotatable bonds is 7. The van der Waals surface area contributed by atoms with Crippen molar-refractivity contribution in [1.29, 1.82) is 0 Å². The van der Waals surface area contributed by atoms with Crippen LogP contribution in [-0.2, 0) is 9.53 Å². The number of ether oxygens (including phenoxy) is 1. The number of piperidine rings is 1. The summed E-state index contributed by atoms with van der Waals surface area (Å²) in [6.45, 7) is 5.58. The van der Waals surface area contributed by atoms with Crippen molar-refractivity contribution in [3.05, 3.63) is 103 Å². The predicted octanol–water partition coefficient (Wildman–Crippen LogP) is 7.24. The summed E-state index contributed by atoms with van der Waals surface area (Å²) in [5.41, 5.74) is 5.73. The van der Waals surface area contributed by atoms with Gasteiger partial charge in [-0.2, -0.15) is 0 Å². The van der Waals surface area contributed by atoms with Gasteiger partial charge >= 0.3 is 0 Å². The highest BCUT2D eigenvalue weighted by atomic mass is 16.5. The lowest BCUT2D eigenvalue weighted by molar-refractivity contribution is -0.166. The Kier molecular flexibility index (Phi) is 7.68. The number of likely N-dealkylation sites (tertiary alicyclic amines) is 1. The molecule has 5 nitrogen and oxygen atoms in total. The fourth-order valence-electron chi connectivity index (χ4n) is 5.30. The van der Waals surface area contributed by atoms with Crippen molar-refractivity contribution in [2.24, 2.45) is 0 Å². The average Bonchev–Trinajstić information content (AvgIpc) is 2.98. The second kappa shape index (κ2) is 11.3. The Balaban J connectivity index is 1.63. The van der Waals surface area contributed by atoms with Gasteiger partial charge in [0.25, 0.3) is 5.91 Å². The number of anilines is 2. The van der Waals surface area contributed by atoms with Gasteiger partial charge in [0, 0.05) is 43.3 Å². The van der Waals surface area contributed by atoms with Crippen LogP contribution in [0.5, 0.6) is 0 Å². The minimum atomic E-state index is -1.09. The van der Waals surface area contributed by atoms with Gasteiger partial charge in [0.15, 0.2) is 5.72 Å². The van der Waals surface area contributed by atoms with Gasteiger partial charge in [-0.3, -0.25) is 19.6 Å². The molecule has 0 N–H and O–H groups in total. The Hall–Kier alpha value is -3.80. The molecule has 1 fully saturated rings. The molecule has 0 aliphatic carbocycles. The van der Waals surface area contributed by atoms with Crippen molar-refractivity contribution in [2.75, 3.05) is 25.1 Å². The normalized spacial score (nSPS) is 15.6. The maximum Gasteiger partial charge on any atom is 0.278 e. The lowest BCUT2D eigenvalue weighted by Gasteiger charge is -2.43. The van der Waals surface area contributed by atoms with E-state index in [1.165, 1.54) is 6.42 Å². The Morgan fingerprint density at radius 3 is 2.21 bits per heavy atom. The van der Waals surface area contributed by atoms with Crippen LogP contribution >= 0.6 is 0 Å². The number of amides is 1. The van der Waals surface area contributed by atoms with Crippen molar-refractivity contribution in [1.82, 2.24) is 9.88 Å². The van der Waals surface area contributed by atoms with Crippen LogP contribution in [0.15, 0.2) is 97.2 Å². The molecule has 1 aliphatic rings. The monoisotopic (exact) mass is 505 g/mol. The van der Waals surface area contributed by atoms with Crippen LogP contribution in [-0.4, -0.2) is 41.7 Å². The second-order valence-electron chi connectivity index (χ2n) is 9.99. The number of benzene rings is 3. The maximum absolute atomic E-state index is 14.6. The minimum Gasteiger partial charge on any atom is -0.355 e. The van der Waals surface area contributed by atoms with Gasteiger partial charge in [-0.1, -0.05) is 67.1 Å². The minimum absolute atomic E-state index is 0.0993. The summed E-state index contributed by atoms with van der Waals surface area (Å²) in [6.07, 6.45) is 5.13. The van der Waals surface area contributed by atoms with Gasteiger partial charge in [-0.25, -0.2) is 0 Å². The number of aromatic nitrogens is 1. The number of pyridine rings is 1. The smallest absolute Gasteiger partial charge is 0.278 e. The van der Waals surface area contributed by atoms with Crippen LogP contribution in [0.3, 0.4) is 0 Å². The summed E-state index contributed by atoms with van der Waals surface area (Å²) in [4.78, 5) is 23.0. The second-order valence-corrected chi connectivity index (χ2v) is 9.99. The van der Waals surface area contributed by atoms with Crippen molar-refractivity contribution in [3.63, 3.8) is 0 Å². The first kappa shape index (κ1) is 25.8. The van der Waals surface area contributed by atoms with E-state index in [0.29, 0.717) is 0 Å². The van der Waals surface area contributed by atoms with E-state index < -0.39 is 5.72 Å². The van der Waals surface area contributed by atoms with E-state index in [4.69, 9.17) is 4.74 Å². The van der Waals surface area contributed by atoms with Crippen LogP contribution < -0.4 is 4.90 Å². The van der Waals surface area contributed by atoms with E-state index in [1.54, 1.807) is 7.11 Å². The number of aryl methyl sites for hydroxylation is 1. The summed E-state index contributed by atoms with van der Waals surface area (Å²) < 4.78 is 6.04. The quantitative estimate of drug-likeness (QED) is 0.266. The molecule has 5 heteroatoms. The van der Waals surface area contributed by atoms with Gasteiger partial charge in [-0.05, 0) is 73.7 Å². The number of nitrogens with zero attached hydrogens (tertiary/aromatic N) is 3. The van der Waals surface area contributed by atoms with E-state index in [2.05, 4.69) is 46.3 Å². The summed E-state index contributed by atoms with van der Waals surface area (Å²) in [7, 11) is 1.64. The molecular weight excluding hydrogens is 470 g/mol. The number of hydrogen-bond donors (Lipinski definition) is 0. The molecular formula is C33H35N3O2. The number of para-hydroxylation sites is 1. The largest absolute Gasteiger partial charge is 0.355 e. The highest BCUT2D eigenvalue weighted by Crippen LogP contribution is 2.39. The third-order valence-corrected chi connectivity index (χ3v) is 7.54. The van der Waals surface area contributed by atoms with Gasteiger partial charge in [0.05, 0.1) is 5.69 Å². The maximum atomic E-state index is 14.6. The molecule has 194 valence electrons. The molecule has 1 unspecified atom stereocenters. The highest BCUT2D eigenvalue weighted by molar-refractivity contribution is 6.07. The molecule has 0 radical (unpaired) electrons. The summed E-state index contributed by atoms with van der Waals surface area (Å²) in [6, 6.07) is 30.6. The number of methoxy groups -OCH3 is 1. The molecule has 0 spiro atoms. The van der Waals surface area contributed by atoms with Crippen LogP contribution in [0.4, 0.5) is 11.4 Å². The van der Waals surface area contributed by atoms with Crippen LogP contribution in [0.25, 0.3) is 22.3 Å². The molecule has 1 atom stereocenters. The number of carbonyl (C=O) groups excluding carboxylic acids is 1. The highest BCUT2D eigenvalue weighted by Gasteiger charge is 2.44. The van der Waals surface area contributed by atoms with Crippen LogP contribution in [0, 0.1) is 6.92 Å².